The first-order valence-corrected chi connectivity index (χ1v) is 11.6. The van der Waals surface area contributed by atoms with Gasteiger partial charge in [-0.15, -0.1) is 0 Å². The van der Waals surface area contributed by atoms with E-state index in [1.165, 1.54) is 0 Å². The lowest BCUT2D eigenvalue weighted by atomic mass is 9.95. The van der Waals surface area contributed by atoms with Gasteiger partial charge in [-0.3, -0.25) is 9.59 Å². The second-order valence-electron chi connectivity index (χ2n) is 9.32. The summed E-state index contributed by atoms with van der Waals surface area (Å²) < 4.78 is 5.61. The molecule has 1 aliphatic heterocycles. The third-order valence-electron chi connectivity index (χ3n) is 6.74. The van der Waals surface area contributed by atoms with E-state index in [4.69, 9.17) is 9.51 Å². The molecule has 2 amide bonds. The first-order valence-electron chi connectivity index (χ1n) is 11.6. The number of piperidine rings is 1. The molecule has 164 valence electrons. The second-order valence-corrected chi connectivity index (χ2v) is 9.32. The number of hydrogen-bond acceptors (Lipinski definition) is 5. The van der Waals surface area contributed by atoms with Crippen LogP contribution in [0.15, 0.2) is 40.9 Å². The van der Waals surface area contributed by atoms with E-state index >= 15 is 0 Å². The van der Waals surface area contributed by atoms with Gasteiger partial charge in [-0.05, 0) is 44.6 Å². The molecular formula is C25H26N4O3. The van der Waals surface area contributed by atoms with Crippen molar-refractivity contribution in [1.82, 2.24) is 20.4 Å². The molecule has 0 spiro atoms. The zero-order chi connectivity index (χ0) is 21.7. The van der Waals surface area contributed by atoms with Crippen molar-refractivity contribution in [2.75, 3.05) is 13.1 Å². The number of benzene rings is 1. The van der Waals surface area contributed by atoms with Crippen molar-refractivity contribution in [1.29, 1.82) is 0 Å². The van der Waals surface area contributed by atoms with Crippen LogP contribution >= 0.6 is 0 Å². The fourth-order valence-corrected chi connectivity index (χ4v) is 4.61. The summed E-state index contributed by atoms with van der Waals surface area (Å²) in [5.41, 5.74) is 3.42. The highest BCUT2D eigenvalue weighted by Gasteiger charge is 2.35. The Kier molecular flexibility index (Phi) is 4.70. The lowest BCUT2D eigenvalue weighted by Gasteiger charge is -2.32. The van der Waals surface area contributed by atoms with E-state index in [2.05, 4.69) is 10.5 Å². The topological polar surface area (TPSA) is 88.3 Å². The van der Waals surface area contributed by atoms with E-state index in [1.807, 2.05) is 41.3 Å². The van der Waals surface area contributed by atoms with Gasteiger partial charge in [0, 0.05) is 36.3 Å². The molecule has 2 aliphatic carbocycles. The summed E-state index contributed by atoms with van der Waals surface area (Å²) in [6.07, 6.45) is 5.95. The van der Waals surface area contributed by atoms with Crippen LogP contribution in [0.1, 0.15) is 60.5 Å². The summed E-state index contributed by atoms with van der Waals surface area (Å²) in [7, 11) is 0. The summed E-state index contributed by atoms with van der Waals surface area (Å²) in [6, 6.07) is 12.0. The largest absolute Gasteiger partial charge is 0.353 e. The number of carbonyl (C=O) groups is 2. The molecule has 32 heavy (non-hydrogen) atoms. The van der Waals surface area contributed by atoms with Crippen LogP contribution in [0.25, 0.3) is 22.4 Å². The van der Waals surface area contributed by atoms with Crippen LogP contribution in [-0.2, 0) is 4.79 Å². The quantitative estimate of drug-likeness (QED) is 0.663. The van der Waals surface area contributed by atoms with Crippen LogP contribution in [0.2, 0.25) is 0 Å². The Labute approximate surface area is 186 Å². The van der Waals surface area contributed by atoms with Crippen LogP contribution in [0.4, 0.5) is 0 Å². The Hall–Kier alpha value is -3.22. The minimum absolute atomic E-state index is 0.0661. The maximum atomic E-state index is 13.8. The zero-order valence-corrected chi connectivity index (χ0v) is 17.9. The van der Waals surface area contributed by atoms with E-state index in [1.54, 1.807) is 0 Å². The molecule has 6 rings (SSSR count). The summed E-state index contributed by atoms with van der Waals surface area (Å²) in [5.74, 6) is 0.251. The number of rotatable bonds is 5. The Morgan fingerprint density at radius 3 is 2.62 bits per heavy atom. The third-order valence-corrected chi connectivity index (χ3v) is 6.74. The number of nitrogens with one attached hydrogen (secondary N) is 1. The number of fused-ring (bicyclic) bond motifs is 1. The molecule has 1 atom stereocenters. The normalized spacial score (nSPS) is 21.0. The molecule has 1 saturated heterocycles. The minimum atomic E-state index is -0.149. The van der Waals surface area contributed by atoms with Crippen molar-refractivity contribution < 1.29 is 14.1 Å². The molecule has 3 heterocycles. The highest BCUT2D eigenvalue weighted by Crippen LogP contribution is 2.41. The molecule has 1 N–H and O–H groups in total. The molecule has 0 bridgehead atoms. The highest BCUT2D eigenvalue weighted by atomic mass is 16.5. The molecular weight excluding hydrogens is 404 g/mol. The standard InChI is InChI=1S/C25H26N4O3/c30-23(26-18-10-11-18)17-7-4-12-29(14-17)25(31)19-13-20(15-8-9-15)27-24-21(19)22(28-32-24)16-5-2-1-3-6-16/h1-3,5-6,13,15,17-18H,4,7-12,14H2,(H,26,30). The van der Waals surface area contributed by atoms with Crippen LogP contribution in [0.3, 0.4) is 0 Å². The number of pyridine rings is 1. The summed E-state index contributed by atoms with van der Waals surface area (Å²) in [4.78, 5) is 32.9. The van der Waals surface area contributed by atoms with Gasteiger partial charge in [0.2, 0.25) is 5.91 Å². The lowest BCUT2D eigenvalue weighted by molar-refractivity contribution is -0.126. The Bertz CT molecular complexity index is 1180. The molecule has 1 aromatic carbocycles. The van der Waals surface area contributed by atoms with E-state index in [-0.39, 0.29) is 17.7 Å². The Morgan fingerprint density at radius 1 is 1.06 bits per heavy atom. The number of amides is 2. The fourth-order valence-electron chi connectivity index (χ4n) is 4.61. The number of aromatic nitrogens is 2. The maximum absolute atomic E-state index is 13.8. The zero-order valence-electron chi connectivity index (χ0n) is 17.9. The monoisotopic (exact) mass is 430 g/mol. The number of likely N-dealkylation sites (tertiary alicyclic amines) is 1. The molecule has 3 fully saturated rings. The number of nitrogens with zero attached hydrogens (tertiary/aromatic N) is 3. The minimum Gasteiger partial charge on any atom is -0.353 e. The van der Waals surface area contributed by atoms with Gasteiger partial charge >= 0.3 is 0 Å². The first kappa shape index (κ1) is 19.5. The van der Waals surface area contributed by atoms with Crippen molar-refractivity contribution in [3.05, 3.63) is 47.7 Å². The van der Waals surface area contributed by atoms with Crippen LogP contribution in [0, 0.1) is 5.92 Å². The molecule has 1 unspecified atom stereocenters. The Balaban J connectivity index is 1.36. The molecule has 3 aliphatic rings. The Morgan fingerprint density at radius 2 is 1.88 bits per heavy atom. The van der Waals surface area contributed by atoms with E-state index in [0.29, 0.717) is 47.4 Å². The lowest BCUT2D eigenvalue weighted by Crippen LogP contribution is -2.46. The van der Waals surface area contributed by atoms with E-state index in [9.17, 15) is 9.59 Å². The van der Waals surface area contributed by atoms with E-state index < -0.39 is 0 Å². The number of carbonyl (C=O) groups excluding carboxylic acids is 2. The van der Waals surface area contributed by atoms with Crippen molar-refractivity contribution >= 4 is 22.9 Å². The molecule has 7 heteroatoms. The number of hydrogen-bond donors (Lipinski definition) is 1. The van der Waals surface area contributed by atoms with Gasteiger partial charge in [0.1, 0.15) is 5.69 Å². The first-order chi connectivity index (χ1) is 15.7. The van der Waals surface area contributed by atoms with Gasteiger partial charge in [0.25, 0.3) is 11.6 Å². The fraction of sp³-hybridized carbons (Fsp3) is 0.440. The van der Waals surface area contributed by atoms with Crippen LogP contribution in [0.5, 0.6) is 0 Å². The van der Waals surface area contributed by atoms with Gasteiger partial charge in [-0.2, -0.15) is 0 Å². The van der Waals surface area contributed by atoms with Gasteiger partial charge in [-0.25, -0.2) is 4.98 Å². The molecule has 7 nitrogen and oxygen atoms in total. The van der Waals surface area contributed by atoms with Gasteiger partial charge in [0.15, 0.2) is 0 Å². The predicted molar refractivity (Wildman–Crippen MR) is 119 cm³/mol. The van der Waals surface area contributed by atoms with Gasteiger partial charge in [-0.1, -0.05) is 35.5 Å². The summed E-state index contributed by atoms with van der Waals surface area (Å²) in [5, 5.41) is 8.05. The van der Waals surface area contributed by atoms with Crippen molar-refractivity contribution in [2.24, 2.45) is 5.92 Å². The molecule has 3 aromatic rings. The molecule has 2 saturated carbocycles. The predicted octanol–water partition coefficient (Wildman–Crippen LogP) is 3.90. The van der Waals surface area contributed by atoms with Crippen LogP contribution < -0.4 is 5.32 Å². The smallest absolute Gasteiger partial charge is 0.259 e. The summed E-state index contributed by atoms with van der Waals surface area (Å²) >= 11 is 0. The highest BCUT2D eigenvalue weighted by molar-refractivity contribution is 6.09. The molecule has 0 radical (unpaired) electrons. The van der Waals surface area contributed by atoms with Crippen molar-refractivity contribution in [2.45, 2.75) is 50.5 Å². The van der Waals surface area contributed by atoms with Crippen molar-refractivity contribution in [3.8, 4) is 11.3 Å². The van der Waals surface area contributed by atoms with Crippen LogP contribution in [-0.4, -0.2) is 46.0 Å². The second kappa shape index (κ2) is 7.73. The van der Waals surface area contributed by atoms with E-state index in [0.717, 1.165) is 49.8 Å². The maximum Gasteiger partial charge on any atom is 0.259 e. The summed E-state index contributed by atoms with van der Waals surface area (Å²) in [6.45, 7) is 1.10. The average Bonchev–Trinajstić information content (AvgIpc) is 3.77. The molecule has 2 aromatic heterocycles. The average molecular weight is 431 g/mol. The SMILES string of the molecule is O=C(NC1CC1)C1CCCN(C(=O)c2cc(C3CC3)nc3onc(-c4ccccc4)c23)C1. The third kappa shape index (κ3) is 3.66. The van der Waals surface area contributed by atoms with Gasteiger partial charge < -0.3 is 14.7 Å². The van der Waals surface area contributed by atoms with Crippen molar-refractivity contribution in [3.63, 3.8) is 0 Å². The van der Waals surface area contributed by atoms with Gasteiger partial charge in [0.05, 0.1) is 16.9 Å².